The van der Waals surface area contributed by atoms with Crippen LogP contribution in [0.5, 0.6) is 0 Å². The topological polar surface area (TPSA) is 100 Å². The van der Waals surface area contributed by atoms with Crippen molar-refractivity contribution in [1.29, 1.82) is 0 Å². The lowest BCUT2D eigenvalue weighted by atomic mass is 10.1. The number of carbonyl (C=O) groups is 3. The maximum Gasteiger partial charge on any atom is 0.322 e. The van der Waals surface area contributed by atoms with Crippen LogP contribution in [0.15, 0.2) is 18.2 Å². The second-order valence-electron chi connectivity index (χ2n) is 5.78. The Morgan fingerprint density at radius 2 is 1.84 bits per heavy atom. The molecule has 2 rings (SSSR count). The molecular formula is C18H23N3O4. The molecule has 2 aromatic rings. The van der Waals surface area contributed by atoms with Crippen LogP contribution in [0.2, 0.25) is 0 Å². The van der Waals surface area contributed by atoms with Gasteiger partial charge in [-0.3, -0.25) is 14.4 Å². The molecule has 0 radical (unpaired) electrons. The number of hydrogen-bond donors (Lipinski definition) is 3. The minimum atomic E-state index is -1.13. The standard InChI is InChI=1S/C18H23N3O4/c1-4-12-6-7-14-13(8-12)11(3)17(21(14)5-2)18(25)20-9-15(22)19-10-16(23)24/h6-8H,4-5,9-10H2,1-3H3,(H,19,22)(H,20,25)(H,23,24). The summed E-state index contributed by atoms with van der Waals surface area (Å²) in [6, 6.07) is 6.16. The van der Waals surface area contributed by atoms with Crippen molar-refractivity contribution in [2.24, 2.45) is 0 Å². The zero-order valence-corrected chi connectivity index (χ0v) is 14.7. The molecule has 7 nitrogen and oxygen atoms in total. The van der Waals surface area contributed by atoms with E-state index in [9.17, 15) is 14.4 Å². The molecule has 0 saturated heterocycles. The van der Waals surface area contributed by atoms with E-state index in [0.717, 1.165) is 22.9 Å². The molecule has 0 aliphatic carbocycles. The molecule has 0 spiro atoms. The van der Waals surface area contributed by atoms with Crippen molar-refractivity contribution in [1.82, 2.24) is 15.2 Å². The third-order valence-corrected chi connectivity index (χ3v) is 4.17. The molecule has 0 fully saturated rings. The number of hydrogen-bond acceptors (Lipinski definition) is 3. The van der Waals surface area contributed by atoms with Crippen LogP contribution < -0.4 is 10.6 Å². The van der Waals surface area contributed by atoms with Crippen LogP contribution >= 0.6 is 0 Å². The lowest BCUT2D eigenvalue weighted by Crippen LogP contribution is -2.39. The molecule has 0 aliphatic heterocycles. The monoisotopic (exact) mass is 345 g/mol. The molecule has 1 aromatic carbocycles. The van der Waals surface area contributed by atoms with Crippen LogP contribution in [-0.4, -0.2) is 40.5 Å². The summed E-state index contributed by atoms with van der Waals surface area (Å²) in [5.74, 6) is -2.02. The Bertz CT molecular complexity index is 823. The third kappa shape index (κ3) is 3.99. The summed E-state index contributed by atoms with van der Waals surface area (Å²) in [4.78, 5) is 34.6. The summed E-state index contributed by atoms with van der Waals surface area (Å²) in [7, 11) is 0. The molecule has 0 atom stereocenters. The summed E-state index contributed by atoms with van der Waals surface area (Å²) < 4.78 is 1.93. The first-order chi connectivity index (χ1) is 11.9. The number of carboxylic acids is 1. The van der Waals surface area contributed by atoms with Crippen molar-refractivity contribution in [3.05, 3.63) is 35.0 Å². The van der Waals surface area contributed by atoms with Gasteiger partial charge in [0.1, 0.15) is 12.2 Å². The highest BCUT2D eigenvalue weighted by Crippen LogP contribution is 2.27. The second kappa shape index (κ2) is 7.83. The van der Waals surface area contributed by atoms with Crippen LogP contribution in [0.1, 0.15) is 35.5 Å². The molecule has 2 amide bonds. The van der Waals surface area contributed by atoms with Crippen LogP contribution in [0, 0.1) is 6.92 Å². The molecule has 0 saturated carbocycles. The number of fused-ring (bicyclic) bond motifs is 1. The lowest BCUT2D eigenvalue weighted by molar-refractivity contribution is -0.137. The van der Waals surface area contributed by atoms with Crippen molar-refractivity contribution < 1.29 is 19.5 Å². The van der Waals surface area contributed by atoms with E-state index >= 15 is 0 Å². The Hall–Kier alpha value is -2.83. The Morgan fingerprint density at radius 3 is 2.44 bits per heavy atom. The number of aryl methyl sites for hydroxylation is 3. The summed E-state index contributed by atoms with van der Waals surface area (Å²) in [5, 5.41) is 14.3. The van der Waals surface area contributed by atoms with Crippen molar-refractivity contribution >= 4 is 28.7 Å². The van der Waals surface area contributed by atoms with Gasteiger partial charge in [0.15, 0.2) is 0 Å². The van der Waals surface area contributed by atoms with Crippen LogP contribution in [0.25, 0.3) is 10.9 Å². The average molecular weight is 345 g/mol. The van der Waals surface area contributed by atoms with E-state index < -0.39 is 18.4 Å². The first-order valence-electron chi connectivity index (χ1n) is 8.27. The van der Waals surface area contributed by atoms with E-state index in [-0.39, 0.29) is 12.5 Å². The highest BCUT2D eigenvalue weighted by Gasteiger charge is 2.20. The van der Waals surface area contributed by atoms with E-state index in [2.05, 4.69) is 29.7 Å². The summed E-state index contributed by atoms with van der Waals surface area (Å²) in [6.45, 7) is 5.83. The molecular weight excluding hydrogens is 322 g/mol. The molecule has 0 bridgehead atoms. The van der Waals surface area contributed by atoms with Crippen molar-refractivity contribution in [3.8, 4) is 0 Å². The number of benzene rings is 1. The maximum absolute atomic E-state index is 12.6. The predicted molar refractivity (Wildman–Crippen MR) is 94.7 cm³/mol. The highest BCUT2D eigenvalue weighted by atomic mass is 16.4. The van der Waals surface area contributed by atoms with E-state index in [4.69, 9.17) is 5.11 Å². The number of aliphatic carboxylic acids is 1. The van der Waals surface area contributed by atoms with Crippen molar-refractivity contribution in [3.63, 3.8) is 0 Å². The van der Waals surface area contributed by atoms with Gasteiger partial charge in [-0.05, 0) is 43.5 Å². The number of carbonyl (C=O) groups excluding carboxylic acids is 2. The predicted octanol–water partition coefficient (Wildman–Crippen LogP) is 1.46. The summed E-state index contributed by atoms with van der Waals surface area (Å²) >= 11 is 0. The largest absolute Gasteiger partial charge is 0.480 e. The van der Waals surface area contributed by atoms with Gasteiger partial charge in [0.25, 0.3) is 5.91 Å². The van der Waals surface area contributed by atoms with Crippen LogP contribution in [0.4, 0.5) is 0 Å². The number of carboxylic acid groups (broad SMARTS) is 1. The van der Waals surface area contributed by atoms with Crippen molar-refractivity contribution in [2.45, 2.75) is 33.7 Å². The van der Waals surface area contributed by atoms with E-state index in [1.807, 2.05) is 24.5 Å². The molecule has 3 N–H and O–H groups in total. The SMILES string of the molecule is CCc1ccc2c(c1)c(C)c(C(=O)NCC(=O)NCC(=O)O)n2CC. The number of amides is 2. The minimum Gasteiger partial charge on any atom is -0.480 e. The van der Waals surface area contributed by atoms with E-state index in [0.29, 0.717) is 12.2 Å². The minimum absolute atomic E-state index is 0.267. The van der Waals surface area contributed by atoms with Gasteiger partial charge in [-0.1, -0.05) is 13.0 Å². The van der Waals surface area contributed by atoms with Gasteiger partial charge in [-0.25, -0.2) is 0 Å². The van der Waals surface area contributed by atoms with E-state index in [1.165, 1.54) is 5.56 Å². The zero-order valence-electron chi connectivity index (χ0n) is 14.7. The first-order valence-corrected chi connectivity index (χ1v) is 8.27. The molecule has 134 valence electrons. The number of nitrogens with zero attached hydrogens (tertiary/aromatic N) is 1. The molecule has 7 heteroatoms. The number of rotatable bonds is 7. The lowest BCUT2D eigenvalue weighted by Gasteiger charge is -2.10. The van der Waals surface area contributed by atoms with Gasteiger partial charge in [0.2, 0.25) is 5.91 Å². The van der Waals surface area contributed by atoms with Gasteiger partial charge in [0, 0.05) is 17.4 Å². The smallest absolute Gasteiger partial charge is 0.322 e. The summed E-state index contributed by atoms with van der Waals surface area (Å²) in [5.41, 5.74) is 3.58. The Kier molecular flexibility index (Phi) is 5.80. The maximum atomic E-state index is 12.6. The van der Waals surface area contributed by atoms with E-state index in [1.54, 1.807) is 0 Å². The van der Waals surface area contributed by atoms with Crippen LogP contribution in [-0.2, 0) is 22.6 Å². The normalized spacial score (nSPS) is 10.7. The Morgan fingerprint density at radius 1 is 1.12 bits per heavy atom. The number of nitrogens with one attached hydrogen (secondary N) is 2. The van der Waals surface area contributed by atoms with Gasteiger partial charge in [-0.15, -0.1) is 0 Å². The Balaban J connectivity index is 2.24. The quantitative estimate of drug-likeness (QED) is 0.707. The first kappa shape index (κ1) is 18.5. The van der Waals surface area contributed by atoms with Gasteiger partial charge < -0.3 is 20.3 Å². The van der Waals surface area contributed by atoms with Crippen molar-refractivity contribution in [2.75, 3.05) is 13.1 Å². The van der Waals surface area contributed by atoms with Gasteiger partial charge >= 0.3 is 5.97 Å². The third-order valence-electron chi connectivity index (χ3n) is 4.17. The number of aromatic nitrogens is 1. The fourth-order valence-electron chi connectivity index (χ4n) is 2.89. The highest BCUT2D eigenvalue weighted by molar-refractivity contribution is 6.03. The summed E-state index contributed by atoms with van der Waals surface area (Å²) in [6.07, 6.45) is 0.915. The molecule has 25 heavy (non-hydrogen) atoms. The van der Waals surface area contributed by atoms with Crippen LogP contribution in [0.3, 0.4) is 0 Å². The molecule has 0 unspecified atom stereocenters. The average Bonchev–Trinajstić information content (AvgIpc) is 2.89. The van der Waals surface area contributed by atoms with Gasteiger partial charge in [-0.2, -0.15) is 0 Å². The molecule has 1 aromatic heterocycles. The molecule has 1 heterocycles. The molecule has 0 aliphatic rings. The van der Waals surface area contributed by atoms with Gasteiger partial charge in [0.05, 0.1) is 6.54 Å². The second-order valence-corrected chi connectivity index (χ2v) is 5.78. The zero-order chi connectivity index (χ0) is 18.6. The Labute approximate surface area is 146 Å². The fourth-order valence-corrected chi connectivity index (χ4v) is 2.89. The fraction of sp³-hybridized carbons (Fsp3) is 0.389.